The van der Waals surface area contributed by atoms with Gasteiger partial charge in [0.05, 0.1) is 0 Å². The van der Waals surface area contributed by atoms with E-state index < -0.39 is 0 Å². The summed E-state index contributed by atoms with van der Waals surface area (Å²) in [5.74, 6) is 0.655. The molecule has 1 saturated heterocycles. The van der Waals surface area contributed by atoms with E-state index in [4.69, 9.17) is 4.84 Å². The third-order valence-corrected chi connectivity index (χ3v) is 4.94. The molecule has 0 N–H and O–H groups in total. The van der Waals surface area contributed by atoms with Gasteiger partial charge in [-0.15, -0.1) is 0 Å². The fourth-order valence-electron chi connectivity index (χ4n) is 3.13. The summed E-state index contributed by atoms with van der Waals surface area (Å²) in [6, 6.07) is 8.69. The zero-order valence-corrected chi connectivity index (χ0v) is 13.5. The summed E-state index contributed by atoms with van der Waals surface area (Å²) < 4.78 is 0.963. The number of nitrogens with zero attached hydrogens (tertiary/aromatic N) is 2. The van der Waals surface area contributed by atoms with Crippen LogP contribution in [0.15, 0.2) is 29.4 Å². The number of benzene rings is 1. The Morgan fingerprint density at radius 3 is 2.70 bits per heavy atom. The first-order chi connectivity index (χ1) is 9.72. The van der Waals surface area contributed by atoms with Crippen LogP contribution < -0.4 is 0 Å². The maximum atomic E-state index is 5.50. The molecule has 0 spiro atoms. The Morgan fingerprint density at radius 2 is 2.05 bits per heavy atom. The molecule has 2 aliphatic rings. The van der Waals surface area contributed by atoms with Crippen molar-refractivity contribution in [1.29, 1.82) is 0 Å². The molecule has 108 valence electrons. The average molecular weight is 337 g/mol. The minimum atomic E-state index is 0.296. The lowest BCUT2D eigenvalue weighted by atomic mass is 9.90. The van der Waals surface area contributed by atoms with Gasteiger partial charge in [0.1, 0.15) is 10.7 Å². The normalized spacial score (nSPS) is 24.5. The van der Waals surface area contributed by atoms with Crippen molar-refractivity contribution >= 4 is 20.6 Å². The summed E-state index contributed by atoms with van der Waals surface area (Å²) >= 11 is 3.42. The highest BCUT2D eigenvalue weighted by Crippen LogP contribution is 2.29. The molecule has 0 amide bonds. The third-order valence-electron chi connectivity index (χ3n) is 4.47. The van der Waals surface area contributed by atoms with Gasteiger partial charge < -0.3 is 4.84 Å². The van der Waals surface area contributed by atoms with Gasteiger partial charge in [0.2, 0.25) is 0 Å². The van der Waals surface area contributed by atoms with E-state index in [0.29, 0.717) is 12.0 Å². The van der Waals surface area contributed by atoms with Crippen molar-refractivity contribution in [1.82, 2.24) is 4.90 Å². The van der Waals surface area contributed by atoms with Crippen LogP contribution >= 0.6 is 15.9 Å². The topological polar surface area (TPSA) is 24.8 Å². The van der Waals surface area contributed by atoms with Gasteiger partial charge in [0, 0.05) is 18.9 Å². The van der Waals surface area contributed by atoms with Crippen molar-refractivity contribution in [2.75, 3.05) is 13.1 Å². The van der Waals surface area contributed by atoms with Crippen molar-refractivity contribution < 1.29 is 4.84 Å². The van der Waals surface area contributed by atoms with Gasteiger partial charge in [-0.05, 0) is 59.9 Å². The number of hydrogen-bond acceptors (Lipinski definition) is 3. The Hall–Kier alpha value is -0.870. The number of hydrogen-bond donors (Lipinski definition) is 0. The summed E-state index contributed by atoms with van der Waals surface area (Å²) in [6.07, 6.45) is 3.67. The summed E-state index contributed by atoms with van der Waals surface area (Å²) in [7, 11) is 0. The second kappa shape index (κ2) is 6.27. The van der Waals surface area contributed by atoms with Crippen LogP contribution in [0.5, 0.6) is 0 Å². The highest BCUT2D eigenvalue weighted by molar-refractivity contribution is 9.18. The second-order valence-corrected chi connectivity index (χ2v) is 6.77. The Balaban J connectivity index is 1.50. The molecule has 2 heterocycles. The Kier molecular flexibility index (Phi) is 4.41. The fraction of sp³-hybridized carbons (Fsp3) is 0.562. The number of halogens is 1. The molecule has 1 fully saturated rings. The summed E-state index contributed by atoms with van der Waals surface area (Å²) in [6.45, 7) is 5.60. The van der Waals surface area contributed by atoms with E-state index in [1.165, 1.54) is 24.0 Å². The van der Waals surface area contributed by atoms with E-state index in [2.05, 4.69) is 57.2 Å². The fourth-order valence-corrected chi connectivity index (χ4v) is 3.53. The molecule has 4 heteroatoms. The van der Waals surface area contributed by atoms with Gasteiger partial charge in [0.25, 0.3) is 0 Å². The van der Waals surface area contributed by atoms with Crippen molar-refractivity contribution in [2.24, 2.45) is 11.1 Å². The summed E-state index contributed by atoms with van der Waals surface area (Å²) in [5, 5.41) is 4.01. The average Bonchev–Trinajstić information content (AvgIpc) is 2.89. The van der Waals surface area contributed by atoms with Crippen LogP contribution in [0, 0.1) is 12.8 Å². The molecule has 3 rings (SSSR count). The first kappa shape index (κ1) is 14.1. The van der Waals surface area contributed by atoms with Crippen LogP contribution in [0.2, 0.25) is 0 Å². The number of aryl methyl sites for hydroxylation is 1. The minimum absolute atomic E-state index is 0.296. The quantitative estimate of drug-likeness (QED) is 0.840. The molecule has 3 nitrogen and oxygen atoms in total. The molecule has 0 aromatic heterocycles. The lowest BCUT2D eigenvalue weighted by Crippen LogP contribution is -2.37. The highest BCUT2D eigenvalue weighted by Gasteiger charge is 2.31. The molecule has 1 aromatic carbocycles. The van der Waals surface area contributed by atoms with Crippen LogP contribution in [0.4, 0.5) is 0 Å². The van der Waals surface area contributed by atoms with Crippen molar-refractivity contribution in [3.05, 3.63) is 35.4 Å². The number of likely N-dealkylation sites (tertiary alicyclic amines) is 1. The van der Waals surface area contributed by atoms with Crippen LogP contribution in [-0.2, 0) is 11.4 Å². The van der Waals surface area contributed by atoms with E-state index in [1.54, 1.807) is 0 Å². The number of oxime groups is 1. The van der Waals surface area contributed by atoms with Gasteiger partial charge in [-0.3, -0.25) is 4.90 Å². The van der Waals surface area contributed by atoms with E-state index in [-0.39, 0.29) is 0 Å². The zero-order valence-electron chi connectivity index (χ0n) is 11.9. The van der Waals surface area contributed by atoms with E-state index >= 15 is 0 Å². The maximum absolute atomic E-state index is 5.50. The van der Waals surface area contributed by atoms with Gasteiger partial charge in [-0.1, -0.05) is 29.4 Å². The molecule has 1 atom stereocenters. The van der Waals surface area contributed by atoms with E-state index in [0.717, 1.165) is 30.7 Å². The maximum Gasteiger partial charge on any atom is 0.136 e. The first-order valence-corrected chi connectivity index (χ1v) is 8.17. The number of piperidine rings is 1. The minimum Gasteiger partial charge on any atom is -0.391 e. The van der Waals surface area contributed by atoms with Gasteiger partial charge in [0.15, 0.2) is 0 Å². The highest BCUT2D eigenvalue weighted by atomic mass is 79.9. The smallest absolute Gasteiger partial charge is 0.136 e. The molecule has 0 saturated carbocycles. The number of rotatable bonds is 3. The SMILES string of the molecule is Cc1ccccc1CN1CCC([C@H]2CC(Br)=NO2)CC1. The molecular formula is C16H21BrN2O. The van der Waals surface area contributed by atoms with Crippen LogP contribution in [0.25, 0.3) is 0 Å². The molecule has 0 bridgehead atoms. The van der Waals surface area contributed by atoms with E-state index in [9.17, 15) is 0 Å². The Morgan fingerprint density at radius 1 is 1.30 bits per heavy atom. The molecular weight excluding hydrogens is 316 g/mol. The largest absolute Gasteiger partial charge is 0.391 e. The van der Waals surface area contributed by atoms with Crippen molar-refractivity contribution in [3.63, 3.8) is 0 Å². The first-order valence-electron chi connectivity index (χ1n) is 7.37. The van der Waals surface area contributed by atoms with Gasteiger partial charge >= 0.3 is 0 Å². The molecule has 0 aliphatic carbocycles. The predicted octanol–water partition coefficient (Wildman–Crippen LogP) is 3.70. The van der Waals surface area contributed by atoms with Crippen LogP contribution in [-0.4, -0.2) is 28.7 Å². The van der Waals surface area contributed by atoms with Gasteiger partial charge in [-0.25, -0.2) is 0 Å². The lowest BCUT2D eigenvalue weighted by Gasteiger charge is -2.33. The monoisotopic (exact) mass is 336 g/mol. The van der Waals surface area contributed by atoms with Crippen molar-refractivity contribution in [3.8, 4) is 0 Å². The summed E-state index contributed by atoms with van der Waals surface area (Å²) in [4.78, 5) is 8.06. The molecule has 1 aromatic rings. The third kappa shape index (κ3) is 3.23. The predicted molar refractivity (Wildman–Crippen MR) is 85.0 cm³/mol. The van der Waals surface area contributed by atoms with Crippen LogP contribution in [0.3, 0.4) is 0 Å². The van der Waals surface area contributed by atoms with Gasteiger partial charge in [-0.2, -0.15) is 0 Å². The molecule has 20 heavy (non-hydrogen) atoms. The van der Waals surface area contributed by atoms with Crippen molar-refractivity contribution in [2.45, 2.75) is 38.8 Å². The molecule has 2 aliphatic heterocycles. The van der Waals surface area contributed by atoms with Crippen LogP contribution in [0.1, 0.15) is 30.4 Å². The Labute approximate surface area is 129 Å². The van der Waals surface area contributed by atoms with E-state index in [1.807, 2.05) is 0 Å². The lowest BCUT2D eigenvalue weighted by molar-refractivity contribution is 0.0127. The summed E-state index contributed by atoms with van der Waals surface area (Å²) in [5.41, 5.74) is 2.85. The Bertz CT molecular complexity index is 495. The zero-order chi connectivity index (χ0) is 13.9. The standard InChI is InChI=1S/C16H21BrN2O/c1-12-4-2-3-5-14(12)11-19-8-6-13(7-9-19)15-10-16(17)18-20-15/h2-5,13,15H,6-11H2,1H3/t15-/m1/s1. The molecule has 0 unspecified atom stereocenters. The second-order valence-electron chi connectivity index (χ2n) is 5.86. The molecule has 0 radical (unpaired) electrons.